The number of nitrogens with one attached hydrogen (secondary N) is 1. The molecule has 1 aromatic heterocycles. The van der Waals surface area contributed by atoms with Gasteiger partial charge in [0.15, 0.2) is 0 Å². The molecule has 19 heavy (non-hydrogen) atoms. The first kappa shape index (κ1) is 13.8. The molecule has 0 radical (unpaired) electrons. The molecule has 2 N–H and O–H groups in total. The van der Waals surface area contributed by atoms with Gasteiger partial charge in [-0.15, -0.1) is 11.3 Å². The van der Waals surface area contributed by atoms with E-state index in [0.717, 1.165) is 16.9 Å². The summed E-state index contributed by atoms with van der Waals surface area (Å²) in [6.07, 6.45) is 0.940. The number of rotatable bonds is 6. The van der Waals surface area contributed by atoms with Crippen molar-refractivity contribution in [2.75, 3.05) is 0 Å². The van der Waals surface area contributed by atoms with Crippen molar-refractivity contribution in [2.24, 2.45) is 0 Å². The number of aryl methyl sites for hydroxylation is 1. The molecule has 0 amide bonds. The molecule has 0 saturated carbocycles. The van der Waals surface area contributed by atoms with E-state index in [-0.39, 0.29) is 0 Å². The molecule has 0 fully saturated rings. The van der Waals surface area contributed by atoms with Crippen LogP contribution < -0.4 is 5.32 Å². The minimum atomic E-state index is -0.833. The smallest absolute Gasteiger partial charge is 0.326 e. The molecule has 4 heteroatoms. The van der Waals surface area contributed by atoms with Crippen molar-refractivity contribution >= 4 is 17.3 Å². The Morgan fingerprint density at radius 3 is 2.58 bits per heavy atom. The first-order valence-electron chi connectivity index (χ1n) is 6.29. The van der Waals surface area contributed by atoms with E-state index in [1.165, 1.54) is 4.88 Å². The highest BCUT2D eigenvalue weighted by Crippen LogP contribution is 2.24. The van der Waals surface area contributed by atoms with Gasteiger partial charge in [-0.2, -0.15) is 0 Å². The van der Waals surface area contributed by atoms with Gasteiger partial charge in [0, 0.05) is 16.3 Å². The highest BCUT2D eigenvalue weighted by molar-refractivity contribution is 7.12. The van der Waals surface area contributed by atoms with Crippen LogP contribution in [0.3, 0.4) is 0 Å². The summed E-state index contributed by atoms with van der Waals surface area (Å²) in [4.78, 5) is 13.4. The van der Waals surface area contributed by atoms with Crippen LogP contribution in [-0.2, 0) is 17.8 Å². The van der Waals surface area contributed by atoms with Crippen LogP contribution in [0.15, 0.2) is 42.5 Å². The van der Waals surface area contributed by atoms with Crippen LogP contribution in [0.4, 0.5) is 0 Å². The highest BCUT2D eigenvalue weighted by Gasteiger charge is 2.20. The number of carbonyl (C=O) groups is 1. The van der Waals surface area contributed by atoms with Crippen molar-refractivity contribution in [3.8, 4) is 0 Å². The second-order valence-corrected chi connectivity index (χ2v) is 5.50. The maximum absolute atomic E-state index is 11.4. The number of hydrogen-bond donors (Lipinski definition) is 2. The zero-order valence-corrected chi connectivity index (χ0v) is 11.6. The Balaban J connectivity index is 2.06. The average molecular weight is 275 g/mol. The fraction of sp³-hybridized carbons (Fsp3) is 0.267. The molecule has 0 saturated heterocycles. The summed E-state index contributed by atoms with van der Waals surface area (Å²) in [6, 6.07) is 13.1. The molecular weight excluding hydrogens is 258 g/mol. The summed E-state index contributed by atoms with van der Waals surface area (Å²) in [6.45, 7) is 2.62. The van der Waals surface area contributed by atoms with Gasteiger partial charge in [-0.25, -0.2) is 0 Å². The maximum atomic E-state index is 11.4. The SMILES string of the molecule is CCc1ccc(C(NCc2ccccc2)C(=O)O)s1. The lowest BCUT2D eigenvalue weighted by Gasteiger charge is -2.12. The predicted octanol–water partition coefficient (Wildman–Crippen LogP) is 3.23. The molecule has 0 aliphatic rings. The van der Waals surface area contributed by atoms with Gasteiger partial charge in [0.2, 0.25) is 0 Å². The highest BCUT2D eigenvalue weighted by atomic mass is 32.1. The molecule has 0 spiro atoms. The summed E-state index contributed by atoms with van der Waals surface area (Å²) in [5, 5.41) is 12.4. The first-order valence-corrected chi connectivity index (χ1v) is 7.11. The fourth-order valence-corrected chi connectivity index (χ4v) is 2.89. The molecule has 100 valence electrons. The van der Waals surface area contributed by atoms with Crippen molar-refractivity contribution in [3.63, 3.8) is 0 Å². The van der Waals surface area contributed by atoms with Crippen molar-refractivity contribution < 1.29 is 9.90 Å². The van der Waals surface area contributed by atoms with Crippen LogP contribution in [0.25, 0.3) is 0 Å². The van der Waals surface area contributed by atoms with Crippen LogP contribution in [0.5, 0.6) is 0 Å². The first-order chi connectivity index (χ1) is 9.20. The van der Waals surface area contributed by atoms with E-state index >= 15 is 0 Å². The van der Waals surface area contributed by atoms with Crippen LogP contribution >= 0.6 is 11.3 Å². The van der Waals surface area contributed by atoms with E-state index in [4.69, 9.17) is 0 Å². The van der Waals surface area contributed by atoms with Gasteiger partial charge in [-0.1, -0.05) is 37.3 Å². The Bertz CT molecular complexity index is 536. The molecule has 1 heterocycles. The molecule has 2 rings (SSSR count). The van der Waals surface area contributed by atoms with E-state index in [1.807, 2.05) is 42.5 Å². The van der Waals surface area contributed by atoms with E-state index in [2.05, 4.69) is 12.2 Å². The van der Waals surface area contributed by atoms with E-state index in [9.17, 15) is 9.90 Å². The van der Waals surface area contributed by atoms with Gasteiger partial charge in [0.05, 0.1) is 0 Å². The maximum Gasteiger partial charge on any atom is 0.326 e. The topological polar surface area (TPSA) is 49.3 Å². The van der Waals surface area contributed by atoms with E-state index in [0.29, 0.717) is 6.54 Å². The predicted molar refractivity (Wildman–Crippen MR) is 77.4 cm³/mol. The third kappa shape index (κ3) is 3.66. The monoisotopic (exact) mass is 275 g/mol. The summed E-state index contributed by atoms with van der Waals surface area (Å²) in [7, 11) is 0. The van der Waals surface area contributed by atoms with E-state index in [1.54, 1.807) is 11.3 Å². The number of benzene rings is 1. The van der Waals surface area contributed by atoms with Crippen LogP contribution in [-0.4, -0.2) is 11.1 Å². The lowest BCUT2D eigenvalue weighted by molar-refractivity contribution is -0.139. The lowest BCUT2D eigenvalue weighted by Crippen LogP contribution is -2.27. The Labute approximate surface area is 116 Å². The van der Waals surface area contributed by atoms with Gasteiger partial charge >= 0.3 is 5.97 Å². The van der Waals surface area contributed by atoms with Crippen LogP contribution in [0.2, 0.25) is 0 Å². The number of carboxylic acids is 1. The zero-order valence-electron chi connectivity index (χ0n) is 10.8. The molecule has 2 aromatic rings. The second kappa shape index (κ2) is 6.50. The van der Waals surface area contributed by atoms with Gasteiger partial charge in [-0.05, 0) is 24.1 Å². The lowest BCUT2D eigenvalue weighted by atomic mass is 10.2. The molecular formula is C15H17NO2S. The summed E-state index contributed by atoms with van der Waals surface area (Å²) in [5.74, 6) is -0.833. The number of carboxylic acid groups (broad SMARTS) is 1. The number of thiophene rings is 1. The van der Waals surface area contributed by atoms with Crippen molar-refractivity contribution in [1.82, 2.24) is 5.32 Å². The van der Waals surface area contributed by atoms with E-state index < -0.39 is 12.0 Å². The molecule has 3 nitrogen and oxygen atoms in total. The summed E-state index contributed by atoms with van der Waals surface area (Å²) >= 11 is 1.56. The molecule has 1 atom stereocenters. The minimum absolute atomic E-state index is 0.553. The minimum Gasteiger partial charge on any atom is -0.480 e. The second-order valence-electron chi connectivity index (χ2n) is 4.30. The Kier molecular flexibility index (Phi) is 4.71. The third-order valence-electron chi connectivity index (χ3n) is 2.92. The van der Waals surface area contributed by atoms with Crippen molar-refractivity contribution in [1.29, 1.82) is 0 Å². The third-order valence-corrected chi connectivity index (χ3v) is 4.21. The molecule has 0 aliphatic carbocycles. The quantitative estimate of drug-likeness (QED) is 0.851. The van der Waals surface area contributed by atoms with Gasteiger partial charge in [0.25, 0.3) is 0 Å². The van der Waals surface area contributed by atoms with Crippen LogP contribution in [0.1, 0.15) is 28.3 Å². The van der Waals surface area contributed by atoms with Crippen LogP contribution in [0, 0.1) is 0 Å². The fourth-order valence-electron chi connectivity index (χ4n) is 1.87. The van der Waals surface area contributed by atoms with Gasteiger partial charge in [-0.3, -0.25) is 10.1 Å². The number of hydrogen-bond acceptors (Lipinski definition) is 3. The molecule has 1 aromatic carbocycles. The largest absolute Gasteiger partial charge is 0.480 e. The summed E-state index contributed by atoms with van der Waals surface area (Å²) < 4.78 is 0. The Morgan fingerprint density at radius 2 is 2.00 bits per heavy atom. The van der Waals surface area contributed by atoms with Crippen molar-refractivity contribution in [2.45, 2.75) is 25.9 Å². The number of aliphatic carboxylic acids is 1. The summed E-state index contributed by atoms with van der Waals surface area (Å²) in [5.41, 5.74) is 1.08. The Morgan fingerprint density at radius 1 is 1.26 bits per heavy atom. The standard InChI is InChI=1S/C15H17NO2S/c1-2-12-8-9-13(19-12)14(15(17)18)16-10-11-6-4-3-5-7-11/h3-9,14,16H,2,10H2,1H3,(H,17,18). The van der Waals surface area contributed by atoms with Crippen molar-refractivity contribution in [3.05, 3.63) is 57.8 Å². The molecule has 0 aliphatic heterocycles. The average Bonchev–Trinajstić information content (AvgIpc) is 2.88. The van der Waals surface area contributed by atoms with Gasteiger partial charge < -0.3 is 5.11 Å². The Hall–Kier alpha value is -1.65. The normalized spacial score (nSPS) is 12.3. The zero-order chi connectivity index (χ0) is 13.7. The molecule has 0 bridgehead atoms. The van der Waals surface area contributed by atoms with Gasteiger partial charge in [0.1, 0.15) is 6.04 Å². The molecule has 1 unspecified atom stereocenters.